The van der Waals surface area contributed by atoms with Crippen LogP contribution in [0.1, 0.15) is 16.8 Å². The van der Waals surface area contributed by atoms with Gasteiger partial charge in [-0.2, -0.15) is 0 Å². The lowest BCUT2D eigenvalue weighted by Gasteiger charge is -2.07. The molecule has 2 aromatic heterocycles. The van der Waals surface area contributed by atoms with Crippen LogP contribution in [0.5, 0.6) is 5.88 Å². The molecule has 0 atom stereocenters. The molecule has 5 nitrogen and oxygen atoms in total. The first kappa shape index (κ1) is 17.6. The van der Waals surface area contributed by atoms with Gasteiger partial charge in [0.25, 0.3) is 0 Å². The van der Waals surface area contributed by atoms with Crippen molar-refractivity contribution < 1.29 is 9.13 Å². The molecule has 0 aliphatic rings. The van der Waals surface area contributed by atoms with Crippen molar-refractivity contribution in [3.63, 3.8) is 0 Å². The molecule has 0 spiro atoms. The number of aromatic nitrogens is 3. The summed E-state index contributed by atoms with van der Waals surface area (Å²) in [6.07, 6.45) is 3.17. The summed E-state index contributed by atoms with van der Waals surface area (Å²) in [6.45, 7) is 1.90. The van der Waals surface area contributed by atoms with E-state index in [1.807, 2.05) is 6.92 Å². The number of anilines is 1. The first-order valence-electron chi connectivity index (χ1n) is 7.59. The van der Waals surface area contributed by atoms with E-state index in [0.29, 0.717) is 11.6 Å². The van der Waals surface area contributed by atoms with Crippen LogP contribution in [0.4, 0.5) is 10.2 Å². The molecule has 3 aromatic rings. The van der Waals surface area contributed by atoms with Crippen molar-refractivity contribution in [1.82, 2.24) is 15.0 Å². The van der Waals surface area contributed by atoms with Gasteiger partial charge >= 0.3 is 0 Å². The van der Waals surface area contributed by atoms with Gasteiger partial charge in [0.15, 0.2) is 11.5 Å². The summed E-state index contributed by atoms with van der Waals surface area (Å²) >= 11 is 5.98. The molecule has 2 N–H and O–H groups in total. The number of hydrogen-bond donors (Lipinski definition) is 1. The highest BCUT2D eigenvalue weighted by Gasteiger charge is 2.10. The second-order valence-electron chi connectivity index (χ2n) is 5.38. The molecule has 0 amide bonds. The molecule has 0 saturated heterocycles. The van der Waals surface area contributed by atoms with Gasteiger partial charge in [0.2, 0.25) is 5.88 Å². The van der Waals surface area contributed by atoms with Crippen molar-refractivity contribution in [2.75, 3.05) is 12.8 Å². The van der Waals surface area contributed by atoms with E-state index in [4.69, 9.17) is 22.1 Å². The van der Waals surface area contributed by atoms with Crippen LogP contribution in [0.2, 0.25) is 5.02 Å². The van der Waals surface area contributed by atoms with Crippen molar-refractivity contribution >= 4 is 17.4 Å². The van der Waals surface area contributed by atoms with Crippen LogP contribution in [-0.2, 0) is 0 Å². The van der Waals surface area contributed by atoms with E-state index in [9.17, 15) is 4.39 Å². The zero-order valence-electron chi connectivity index (χ0n) is 14.0. The van der Waals surface area contributed by atoms with Crippen molar-refractivity contribution in [2.24, 2.45) is 0 Å². The molecule has 26 heavy (non-hydrogen) atoms. The minimum Gasteiger partial charge on any atom is -0.481 e. The van der Waals surface area contributed by atoms with E-state index in [-0.39, 0.29) is 22.1 Å². The Balaban J connectivity index is 2.04. The third-order valence-corrected chi connectivity index (χ3v) is 3.96. The standard InChI is InChI=1S/C19H14ClFN4O/c1-11-8-18(26-2)23-9-13(11)17-10-24-19(22)16(25-17)7-6-12-14(20)4-3-5-15(12)21/h3-5,8-10H,1-2H3,(H2,22,24). The number of pyridine rings is 1. The van der Waals surface area contributed by atoms with Gasteiger partial charge < -0.3 is 10.5 Å². The Kier molecular flexibility index (Phi) is 5.01. The van der Waals surface area contributed by atoms with Crippen LogP contribution in [0.25, 0.3) is 11.3 Å². The first-order valence-corrected chi connectivity index (χ1v) is 7.97. The number of rotatable bonds is 2. The smallest absolute Gasteiger partial charge is 0.213 e. The largest absolute Gasteiger partial charge is 0.481 e. The fraction of sp³-hybridized carbons (Fsp3) is 0.105. The Morgan fingerprint density at radius 3 is 2.69 bits per heavy atom. The van der Waals surface area contributed by atoms with Crippen molar-refractivity contribution in [2.45, 2.75) is 6.92 Å². The summed E-state index contributed by atoms with van der Waals surface area (Å²) in [7, 11) is 1.55. The molecule has 7 heteroatoms. The maximum absolute atomic E-state index is 13.8. The zero-order valence-corrected chi connectivity index (χ0v) is 14.8. The quantitative estimate of drug-likeness (QED) is 0.699. The molecule has 130 valence electrons. The monoisotopic (exact) mass is 368 g/mol. The lowest BCUT2D eigenvalue weighted by atomic mass is 10.1. The normalized spacial score (nSPS) is 10.2. The molecular weight excluding hydrogens is 355 g/mol. The molecular formula is C19H14ClFN4O. The molecule has 1 aromatic carbocycles. The number of aryl methyl sites for hydroxylation is 1. The summed E-state index contributed by atoms with van der Waals surface area (Å²) in [5, 5.41) is 0.218. The maximum Gasteiger partial charge on any atom is 0.213 e. The Hall–Kier alpha value is -3.17. The van der Waals surface area contributed by atoms with Gasteiger partial charge in [-0.3, -0.25) is 0 Å². The number of halogens is 2. The predicted octanol–water partition coefficient (Wildman–Crippen LogP) is 3.63. The Bertz CT molecular complexity index is 1020. The van der Waals surface area contributed by atoms with Gasteiger partial charge in [-0.05, 0) is 30.5 Å². The third-order valence-electron chi connectivity index (χ3n) is 3.64. The molecule has 3 rings (SSSR count). The third kappa shape index (κ3) is 3.58. The number of nitrogens with zero attached hydrogens (tertiary/aromatic N) is 3. The minimum absolute atomic E-state index is 0.0862. The second kappa shape index (κ2) is 7.38. The van der Waals surface area contributed by atoms with Gasteiger partial charge in [0.1, 0.15) is 5.82 Å². The van der Waals surface area contributed by atoms with Crippen LogP contribution >= 0.6 is 11.6 Å². The number of nitrogens with two attached hydrogens (primary N) is 1. The number of methoxy groups -OCH3 is 1. The highest BCUT2D eigenvalue weighted by molar-refractivity contribution is 6.31. The van der Waals surface area contributed by atoms with E-state index in [1.165, 1.54) is 18.3 Å². The molecule has 2 heterocycles. The average molecular weight is 369 g/mol. The Morgan fingerprint density at radius 1 is 1.19 bits per heavy atom. The highest BCUT2D eigenvalue weighted by atomic mass is 35.5. The van der Waals surface area contributed by atoms with E-state index < -0.39 is 5.82 Å². The number of benzene rings is 1. The summed E-state index contributed by atoms with van der Waals surface area (Å²) in [5.74, 6) is 5.56. The summed E-state index contributed by atoms with van der Waals surface area (Å²) in [4.78, 5) is 12.7. The van der Waals surface area contributed by atoms with Gasteiger partial charge in [0.05, 0.1) is 29.6 Å². The van der Waals surface area contributed by atoms with Crippen LogP contribution in [0, 0.1) is 24.6 Å². The van der Waals surface area contributed by atoms with Crippen molar-refractivity contribution in [1.29, 1.82) is 0 Å². The van der Waals surface area contributed by atoms with Crippen LogP contribution in [0.15, 0.2) is 36.7 Å². The minimum atomic E-state index is -0.511. The first-order chi connectivity index (χ1) is 12.5. The van der Waals surface area contributed by atoms with Crippen LogP contribution < -0.4 is 10.5 Å². The molecule has 0 fully saturated rings. The molecule has 0 aliphatic carbocycles. The van der Waals surface area contributed by atoms with E-state index in [0.717, 1.165) is 11.1 Å². The average Bonchev–Trinajstić information content (AvgIpc) is 2.62. The van der Waals surface area contributed by atoms with E-state index in [2.05, 4.69) is 26.8 Å². The van der Waals surface area contributed by atoms with Crippen molar-refractivity contribution in [3.05, 3.63) is 64.3 Å². The fourth-order valence-electron chi connectivity index (χ4n) is 2.27. The second-order valence-corrected chi connectivity index (χ2v) is 5.78. The number of ether oxygens (including phenoxy) is 1. The van der Waals surface area contributed by atoms with Crippen molar-refractivity contribution in [3.8, 4) is 29.0 Å². The molecule has 0 bridgehead atoms. The predicted molar refractivity (Wildman–Crippen MR) is 98.4 cm³/mol. The SMILES string of the molecule is COc1cc(C)c(-c2cnc(N)c(C#Cc3c(F)cccc3Cl)n2)cn1. The Morgan fingerprint density at radius 2 is 2.00 bits per heavy atom. The molecule has 0 saturated carbocycles. The maximum atomic E-state index is 13.8. The summed E-state index contributed by atoms with van der Waals surface area (Å²) in [6, 6.07) is 6.15. The van der Waals surface area contributed by atoms with E-state index in [1.54, 1.807) is 25.4 Å². The zero-order chi connectivity index (χ0) is 18.7. The Labute approximate surface area is 155 Å². The summed E-state index contributed by atoms with van der Waals surface area (Å²) < 4.78 is 18.9. The van der Waals surface area contributed by atoms with E-state index >= 15 is 0 Å². The molecule has 0 aliphatic heterocycles. The van der Waals surface area contributed by atoms with Gasteiger partial charge in [-0.15, -0.1) is 0 Å². The number of hydrogen-bond acceptors (Lipinski definition) is 5. The molecule has 0 unspecified atom stereocenters. The lowest BCUT2D eigenvalue weighted by Crippen LogP contribution is -2.01. The topological polar surface area (TPSA) is 73.9 Å². The lowest BCUT2D eigenvalue weighted by molar-refractivity contribution is 0.397. The van der Waals surface area contributed by atoms with Gasteiger partial charge in [-0.25, -0.2) is 19.3 Å². The van der Waals surface area contributed by atoms with Crippen LogP contribution in [0.3, 0.4) is 0 Å². The number of nitrogen functional groups attached to an aromatic ring is 1. The fourth-order valence-corrected chi connectivity index (χ4v) is 2.48. The van der Waals surface area contributed by atoms with Crippen LogP contribution in [-0.4, -0.2) is 22.1 Å². The molecule has 0 radical (unpaired) electrons. The highest BCUT2D eigenvalue weighted by Crippen LogP contribution is 2.24. The van der Waals surface area contributed by atoms with Gasteiger partial charge in [0, 0.05) is 17.8 Å². The summed E-state index contributed by atoms with van der Waals surface area (Å²) in [5.41, 5.74) is 8.40. The van der Waals surface area contributed by atoms with Gasteiger partial charge in [-0.1, -0.05) is 23.6 Å².